The SMILES string of the molecule is Cc1ccc(C)c(-n2nc(N)c(=O)cc2C)c1. The summed E-state index contributed by atoms with van der Waals surface area (Å²) in [4.78, 5) is 11.4. The Balaban J connectivity index is 2.72. The van der Waals surface area contributed by atoms with Gasteiger partial charge in [0.25, 0.3) is 0 Å². The number of nitrogens with zero attached hydrogens (tertiary/aromatic N) is 2. The van der Waals surface area contributed by atoms with Crippen molar-refractivity contribution in [3.05, 3.63) is 51.3 Å². The molecule has 4 nitrogen and oxygen atoms in total. The maximum absolute atomic E-state index is 11.4. The van der Waals surface area contributed by atoms with E-state index in [-0.39, 0.29) is 11.2 Å². The molecule has 1 aromatic heterocycles. The van der Waals surface area contributed by atoms with Crippen LogP contribution in [0.2, 0.25) is 0 Å². The van der Waals surface area contributed by atoms with Crippen LogP contribution in [-0.4, -0.2) is 9.78 Å². The standard InChI is InChI=1S/C13H15N3O/c1-8-4-5-9(2)11(6-8)16-10(3)7-12(17)13(14)15-16/h4-7H,1-3H3,(H2,14,15). The van der Waals surface area contributed by atoms with Crippen molar-refractivity contribution in [2.45, 2.75) is 20.8 Å². The molecule has 0 unspecified atom stereocenters. The van der Waals surface area contributed by atoms with Crippen LogP contribution in [0.3, 0.4) is 0 Å². The molecule has 88 valence electrons. The van der Waals surface area contributed by atoms with Gasteiger partial charge in [-0.1, -0.05) is 12.1 Å². The van der Waals surface area contributed by atoms with Crippen LogP contribution >= 0.6 is 0 Å². The molecule has 0 fully saturated rings. The van der Waals surface area contributed by atoms with E-state index in [1.54, 1.807) is 4.68 Å². The summed E-state index contributed by atoms with van der Waals surface area (Å²) in [6.45, 7) is 5.87. The fourth-order valence-corrected chi connectivity index (χ4v) is 1.75. The van der Waals surface area contributed by atoms with Crippen LogP contribution in [0.25, 0.3) is 5.69 Å². The molecule has 0 bridgehead atoms. The second-order valence-corrected chi connectivity index (χ2v) is 4.24. The van der Waals surface area contributed by atoms with Gasteiger partial charge in [-0.05, 0) is 38.0 Å². The van der Waals surface area contributed by atoms with Gasteiger partial charge >= 0.3 is 0 Å². The molecule has 1 heterocycles. The fraction of sp³-hybridized carbons (Fsp3) is 0.231. The summed E-state index contributed by atoms with van der Waals surface area (Å²) in [7, 11) is 0. The molecule has 0 saturated carbocycles. The molecule has 0 aliphatic heterocycles. The summed E-state index contributed by atoms with van der Waals surface area (Å²) in [6.07, 6.45) is 0. The van der Waals surface area contributed by atoms with Gasteiger partial charge in [0.15, 0.2) is 5.82 Å². The first-order chi connectivity index (χ1) is 7.99. The summed E-state index contributed by atoms with van der Waals surface area (Å²) >= 11 is 0. The number of benzene rings is 1. The monoisotopic (exact) mass is 229 g/mol. The molecule has 0 radical (unpaired) electrons. The van der Waals surface area contributed by atoms with E-state index in [0.29, 0.717) is 0 Å². The first-order valence-corrected chi connectivity index (χ1v) is 5.43. The molecule has 1 aromatic carbocycles. The lowest BCUT2D eigenvalue weighted by molar-refractivity contribution is 0.801. The third-order valence-electron chi connectivity index (χ3n) is 2.73. The van der Waals surface area contributed by atoms with E-state index in [2.05, 4.69) is 5.10 Å². The van der Waals surface area contributed by atoms with E-state index in [9.17, 15) is 4.79 Å². The van der Waals surface area contributed by atoms with Crippen molar-refractivity contribution >= 4 is 5.82 Å². The third-order valence-corrected chi connectivity index (χ3v) is 2.73. The van der Waals surface area contributed by atoms with Gasteiger partial charge in [0.05, 0.1) is 5.69 Å². The largest absolute Gasteiger partial charge is 0.379 e. The lowest BCUT2D eigenvalue weighted by atomic mass is 10.1. The number of hydrogen-bond donors (Lipinski definition) is 1. The Morgan fingerprint density at radius 3 is 2.59 bits per heavy atom. The Morgan fingerprint density at radius 2 is 1.88 bits per heavy atom. The summed E-state index contributed by atoms with van der Waals surface area (Å²) in [5.74, 6) is 0.0245. The number of nitrogens with two attached hydrogens (primary N) is 1. The van der Waals surface area contributed by atoms with Crippen molar-refractivity contribution in [3.8, 4) is 5.69 Å². The molecule has 2 rings (SSSR count). The predicted octanol–water partition coefficient (Wildman–Crippen LogP) is 1.74. The fourth-order valence-electron chi connectivity index (χ4n) is 1.75. The van der Waals surface area contributed by atoms with Gasteiger partial charge in [0.1, 0.15) is 0 Å². The maximum Gasteiger partial charge on any atom is 0.224 e. The molecule has 0 aliphatic rings. The zero-order valence-corrected chi connectivity index (χ0v) is 10.2. The average Bonchev–Trinajstić information content (AvgIpc) is 2.27. The summed E-state index contributed by atoms with van der Waals surface area (Å²) in [6, 6.07) is 7.60. The van der Waals surface area contributed by atoms with E-state index >= 15 is 0 Å². The minimum atomic E-state index is -0.232. The molecule has 2 aromatic rings. The summed E-state index contributed by atoms with van der Waals surface area (Å²) < 4.78 is 1.71. The van der Waals surface area contributed by atoms with E-state index in [1.165, 1.54) is 6.07 Å². The summed E-state index contributed by atoms with van der Waals surface area (Å²) in [5.41, 5.74) is 9.30. The van der Waals surface area contributed by atoms with Crippen LogP contribution < -0.4 is 11.2 Å². The van der Waals surface area contributed by atoms with Crippen molar-refractivity contribution < 1.29 is 0 Å². The summed E-state index contributed by atoms with van der Waals surface area (Å²) in [5, 5.41) is 4.13. The van der Waals surface area contributed by atoms with Crippen LogP contribution in [0.1, 0.15) is 16.8 Å². The average molecular weight is 229 g/mol. The topological polar surface area (TPSA) is 60.9 Å². The Hall–Kier alpha value is -2.10. The van der Waals surface area contributed by atoms with Crippen LogP contribution in [0.5, 0.6) is 0 Å². The Kier molecular flexibility index (Phi) is 2.71. The molecule has 0 saturated heterocycles. The minimum absolute atomic E-state index is 0.0245. The predicted molar refractivity (Wildman–Crippen MR) is 68.5 cm³/mol. The highest BCUT2D eigenvalue weighted by atomic mass is 16.1. The smallest absolute Gasteiger partial charge is 0.224 e. The highest BCUT2D eigenvalue weighted by molar-refractivity contribution is 5.44. The van der Waals surface area contributed by atoms with Gasteiger partial charge in [-0.15, -0.1) is 5.10 Å². The van der Waals surface area contributed by atoms with Crippen molar-refractivity contribution in [2.75, 3.05) is 5.73 Å². The highest BCUT2D eigenvalue weighted by Crippen LogP contribution is 2.16. The second-order valence-electron chi connectivity index (χ2n) is 4.24. The Bertz CT molecular complexity index is 629. The number of aryl methyl sites for hydroxylation is 3. The number of anilines is 1. The van der Waals surface area contributed by atoms with Gasteiger partial charge < -0.3 is 5.73 Å². The van der Waals surface area contributed by atoms with Gasteiger partial charge in [0.2, 0.25) is 5.43 Å². The quantitative estimate of drug-likeness (QED) is 0.810. The Labute approximate surface area is 99.7 Å². The number of aromatic nitrogens is 2. The van der Waals surface area contributed by atoms with Gasteiger partial charge in [-0.2, -0.15) is 0 Å². The van der Waals surface area contributed by atoms with Crippen molar-refractivity contribution in [2.24, 2.45) is 0 Å². The molecule has 0 spiro atoms. The highest BCUT2D eigenvalue weighted by Gasteiger charge is 2.07. The second kappa shape index (κ2) is 4.05. The Morgan fingerprint density at radius 1 is 1.18 bits per heavy atom. The zero-order chi connectivity index (χ0) is 12.6. The molecular weight excluding hydrogens is 214 g/mol. The van der Waals surface area contributed by atoms with E-state index in [0.717, 1.165) is 22.5 Å². The normalized spacial score (nSPS) is 10.5. The lowest BCUT2D eigenvalue weighted by Crippen LogP contribution is -2.18. The molecule has 0 aliphatic carbocycles. The number of nitrogen functional groups attached to an aromatic ring is 1. The van der Waals surface area contributed by atoms with Crippen molar-refractivity contribution in [3.63, 3.8) is 0 Å². The molecule has 4 heteroatoms. The van der Waals surface area contributed by atoms with Crippen molar-refractivity contribution in [1.82, 2.24) is 9.78 Å². The van der Waals surface area contributed by atoms with Crippen molar-refractivity contribution in [1.29, 1.82) is 0 Å². The lowest BCUT2D eigenvalue weighted by Gasteiger charge is -2.13. The first-order valence-electron chi connectivity index (χ1n) is 5.43. The van der Waals surface area contributed by atoms with Crippen LogP contribution in [0, 0.1) is 20.8 Å². The molecule has 17 heavy (non-hydrogen) atoms. The minimum Gasteiger partial charge on any atom is -0.379 e. The maximum atomic E-state index is 11.4. The van der Waals surface area contributed by atoms with E-state index in [4.69, 9.17) is 5.73 Å². The molecule has 0 amide bonds. The molecule has 2 N–H and O–H groups in total. The number of hydrogen-bond acceptors (Lipinski definition) is 3. The van der Waals surface area contributed by atoms with Crippen LogP contribution in [0.4, 0.5) is 5.82 Å². The van der Waals surface area contributed by atoms with Gasteiger partial charge in [-0.25, -0.2) is 4.68 Å². The third kappa shape index (κ3) is 2.06. The zero-order valence-electron chi connectivity index (χ0n) is 10.2. The van der Waals surface area contributed by atoms with Crippen LogP contribution in [-0.2, 0) is 0 Å². The first kappa shape index (κ1) is 11.4. The van der Waals surface area contributed by atoms with E-state index in [1.807, 2.05) is 39.0 Å². The van der Waals surface area contributed by atoms with E-state index < -0.39 is 0 Å². The molecule has 0 atom stereocenters. The van der Waals surface area contributed by atoms with Gasteiger partial charge in [-0.3, -0.25) is 4.79 Å². The van der Waals surface area contributed by atoms with Gasteiger partial charge in [0, 0.05) is 11.8 Å². The molecular formula is C13H15N3O. The number of rotatable bonds is 1. The van der Waals surface area contributed by atoms with Crippen LogP contribution in [0.15, 0.2) is 29.1 Å².